The first-order valence-electron chi connectivity index (χ1n) is 7.02. The molecule has 1 atom stereocenters. The van der Waals surface area contributed by atoms with E-state index in [2.05, 4.69) is 25.3 Å². The molecule has 0 aliphatic carbocycles. The molecule has 0 saturated carbocycles. The molecule has 0 aromatic carbocycles. The van der Waals surface area contributed by atoms with Crippen molar-refractivity contribution >= 4 is 34.1 Å². The van der Waals surface area contributed by atoms with E-state index < -0.39 is 8.80 Å². The lowest BCUT2D eigenvalue weighted by Crippen LogP contribution is -2.55. The van der Waals surface area contributed by atoms with Crippen LogP contribution in [0.3, 0.4) is 0 Å². The lowest BCUT2D eigenvalue weighted by Gasteiger charge is -2.39. The van der Waals surface area contributed by atoms with E-state index in [1.807, 2.05) is 41.5 Å². The largest absolute Gasteiger partial charge is 0.505 e. The van der Waals surface area contributed by atoms with Crippen molar-refractivity contribution in [1.82, 2.24) is 0 Å². The van der Waals surface area contributed by atoms with Gasteiger partial charge in [-0.05, 0) is 59.5 Å². The third-order valence-electron chi connectivity index (χ3n) is 2.40. The monoisotopic (exact) mass is 326 g/mol. The molecule has 0 heterocycles. The van der Waals surface area contributed by atoms with Gasteiger partial charge in [-0.2, -0.15) is 25.3 Å². The molecule has 0 spiro atoms. The molecule has 0 N–H and O–H groups in total. The zero-order valence-electron chi connectivity index (χ0n) is 13.0. The molecule has 6 heteroatoms. The molecule has 0 rings (SSSR count). The third kappa shape index (κ3) is 7.39. The second kappa shape index (κ2) is 9.68. The molecule has 19 heavy (non-hydrogen) atoms. The van der Waals surface area contributed by atoms with E-state index in [9.17, 15) is 0 Å². The van der Waals surface area contributed by atoms with Crippen molar-refractivity contribution in [3.05, 3.63) is 0 Å². The van der Waals surface area contributed by atoms with Crippen LogP contribution in [0, 0.1) is 0 Å². The van der Waals surface area contributed by atoms with E-state index in [0.29, 0.717) is 5.75 Å². The Balaban J connectivity index is 5.28. The molecule has 0 aliphatic rings. The van der Waals surface area contributed by atoms with Gasteiger partial charge in [-0.15, -0.1) is 0 Å². The van der Waals surface area contributed by atoms with E-state index >= 15 is 0 Å². The van der Waals surface area contributed by atoms with Crippen LogP contribution in [0.15, 0.2) is 0 Å². The average molecular weight is 327 g/mol. The molecule has 0 aromatic rings. The van der Waals surface area contributed by atoms with E-state index in [1.54, 1.807) is 0 Å². The quantitative estimate of drug-likeness (QED) is 0.472. The Morgan fingerprint density at radius 1 is 0.789 bits per heavy atom. The minimum Gasteiger partial charge on any atom is -0.371 e. The maximum Gasteiger partial charge on any atom is 0.505 e. The summed E-state index contributed by atoms with van der Waals surface area (Å²) in [4.78, 5) is 0. The van der Waals surface area contributed by atoms with Gasteiger partial charge in [-0.3, -0.25) is 0 Å². The second-order valence-electron chi connectivity index (χ2n) is 5.50. The summed E-state index contributed by atoms with van der Waals surface area (Å²) in [5.41, 5.74) is 0.181. The Kier molecular flexibility index (Phi) is 10.1. The number of rotatable bonds is 10. The summed E-state index contributed by atoms with van der Waals surface area (Å²) in [5.74, 6) is 1.48. The fourth-order valence-corrected chi connectivity index (χ4v) is 6.74. The maximum absolute atomic E-state index is 6.18. The molecule has 1 unspecified atom stereocenters. The van der Waals surface area contributed by atoms with Crippen LogP contribution in [-0.4, -0.2) is 38.6 Å². The second-order valence-corrected chi connectivity index (χ2v) is 9.04. The van der Waals surface area contributed by atoms with E-state index in [4.69, 9.17) is 13.3 Å². The Morgan fingerprint density at radius 2 is 1.16 bits per heavy atom. The van der Waals surface area contributed by atoms with Crippen molar-refractivity contribution in [2.45, 2.75) is 71.8 Å². The van der Waals surface area contributed by atoms with Crippen LogP contribution in [0.2, 0.25) is 5.54 Å². The predicted octanol–water partition coefficient (Wildman–Crippen LogP) is 3.82. The average Bonchev–Trinajstić information content (AvgIpc) is 2.22. The minimum absolute atomic E-state index is 0.0754. The van der Waals surface area contributed by atoms with Gasteiger partial charge in [0.1, 0.15) is 0 Å². The first-order chi connectivity index (χ1) is 8.77. The molecule has 0 fully saturated rings. The molecule has 0 aromatic heterocycles. The van der Waals surface area contributed by atoms with Gasteiger partial charge in [-0.1, -0.05) is 0 Å². The topological polar surface area (TPSA) is 27.7 Å². The van der Waals surface area contributed by atoms with Crippen molar-refractivity contribution in [2.24, 2.45) is 0 Å². The Bertz CT molecular complexity index is 211. The van der Waals surface area contributed by atoms with Crippen LogP contribution >= 0.6 is 25.3 Å². The Labute approximate surface area is 131 Å². The first-order valence-corrected chi connectivity index (χ1v) is 10.1. The lowest BCUT2D eigenvalue weighted by atomic mass is 10.4. The highest BCUT2D eigenvalue weighted by Crippen LogP contribution is 2.33. The predicted molar refractivity (Wildman–Crippen MR) is 90.5 cm³/mol. The van der Waals surface area contributed by atoms with E-state index in [-0.39, 0.29) is 23.9 Å². The Hall–Kier alpha value is 0.797. The van der Waals surface area contributed by atoms with Crippen molar-refractivity contribution in [2.75, 3.05) is 11.5 Å². The Morgan fingerprint density at radius 3 is 1.37 bits per heavy atom. The summed E-state index contributed by atoms with van der Waals surface area (Å²) in [6.07, 6.45) is 1.12. The summed E-state index contributed by atoms with van der Waals surface area (Å²) >= 11 is 8.81. The van der Waals surface area contributed by atoms with Crippen molar-refractivity contribution in [3.63, 3.8) is 0 Å². The van der Waals surface area contributed by atoms with Crippen LogP contribution in [0.5, 0.6) is 0 Å². The van der Waals surface area contributed by atoms with Crippen molar-refractivity contribution < 1.29 is 13.3 Å². The lowest BCUT2D eigenvalue weighted by molar-refractivity contribution is -0.00361. The summed E-state index contributed by atoms with van der Waals surface area (Å²) in [6.45, 7) is 12.1. The zero-order valence-corrected chi connectivity index (χ0v) is 15.8. The van der Waals surface area contributed by atoms with Crippen LogP contribution in [0.1, 0.15) is 48.0 Å². The molecule has 3 nitrogen and oxygen atoms in total. The van der Waals surface area contributed by atoms with Crippen molar-refractivity contribution in [1.29, 1.82) is 0 Å². The summed E-state index contributed by atoms with van der Waals surface area (Å²) in [5, 5.41) is 0. The standard InChI is InChI=1S/C13H30O3S2Si/c1-10(2)14-19(15-11(3)4,16-12(5)6)13(9-18)7-8-17/h10-13,17-18H,7-9H2,1-6H3. The molecule has 116 valence electrons. The number of hydrogen-bond acceptors (Lipinski definition) is 5. The van der Waals surface area contributed by atoms with Crippen LogP contribution in [0.4, 0.5) is 0 Å². The minimum atomic E-state index is -2.76. The summed E-state index contributed by atoms with van der Waals surface area (Å²) in [6, 6.07) is 0. The van der Waals surface area contributed by atoms with Gasteiger partial charge in [-0.25, -0.2) is 0 Å². The number of thiol groups is 2. The van der Waals surface area contributed by atoms with Gasteiger partial charge in [0.25, 0.3) is 0 Å². The molecular formula is C13H30O3S2Si. The molecule has 0 bridgehead atoms. The summed E-state index contributed by atoms with van der Waals surface area (Å²) in [7, 11) is -2.76. The highest BCUT2D eigenvalue weighted by Gasteiger charge is 2.50. The van der Waals surface area contributed by atoms with Gasteiger partial charge in [0, 0.05) is 23.9 Å². The fourth-order valence-electron chi connectivity index (χ4n) is 1.89. The fraction of sp³-hybridized carbons (Fsp3) is 1.00. The van der Waals surface area contributed by atoms with Crippen LogP contribution in [0.25, 0.3) is 0 Å². The van der Waals surface area contributed by atoms with Crippen molar-refractivity contribution in [3.8, 4) is 0 Å². The van der Waals surface area contributed by atoms with Gasteiger partial charge in [0.15, 0.2) is 0 Å². The van der Waals surface area contributed by atoms with E-state index in [1.165, 1.54) is 0 Å². The maximum atomic E-state index is 6.18. The van der Waals surface area contributed by atoms with Gasteiger partial charge >= 0.3 is 8.80 Å². The normalized spacial score (nSPS) is 14.7. The van der Waals surface area contributed by atoms with Gasteiger partial charge in [0.2, 0.25) is 0 Å². The smallest absolute Gasteiger partial charge is 0.371 e. The summed E-state index contributed by atoms with van der Waals surface area (Å²) < 4.78 is 18.5. The molecule has 0 radical (unpaired) electrons. The number of hydrogen-bond donors (Lipinski definition) is 2. The van der Waals surface area contributed by atoms with Gasteiger partial charge in [0.05, 0.1) is 0 Å². The molecular weight excluding hydrogens is 296 g/mol. The SMILES string of the molecule is CC(C)O[Si](OC(C)C)(OC(C)C)C(CS)CCS. The van der Waals surface area contributed by atoms with Crippen LogP contribution in [-0.2, 0) is 13.3 Å². The van der Waals surface area contributed by atoms with Crippen LogP contribution < -0.4 is 0 Å². The third-order valence-corrected chi connectivity index (χ3v) is 7.33. The highest BCUT2D eigenvalue weighted by molar-refractivity contribution is 7.80. The molecule has 0 saturated heterocycles. The zero-order chi connectivity index (χ0) is 15.1. The van der Waals surface area contributed by atoms with E-state index in [0.717, 1.165) is 12.2 Å². The molecule has 0 aliphatic heterocycles. The highest BCUT2D eigenvalue weighted by atomic mass is 32.1. The first kappa shape index (κ1) is 19.8. The molecule has 0 amide bonds. The van der Waals surface area contributed by atoms with Gasteiger partial charge < -0.3 is 13.3 Å².